The Balaban J connectivity index is 1.49. The van der Waals surface area contributed by atoms with Crippen molar-refractivity contribution in [2.24, 2.45) is 5.92 Å². The van der Waals surface area contributed by atoms with Crippen LogP contribution in [0.25, 0.3) is 0 Å². The summed E-state index contributed by atoms with van der Waals surface area (Å²) in [5.74, 6) is -9.46. The summed E-state index contributed by atoms with van der Waals surface area (Å²) in [6.45, 7) is 1.71. The molecule has 15 nitrogen and oxygen atoms in total. The standard InChI is InChI=1S/C29H28O15/c1-12(30)40-22(23(41-13(2)31)27(38)43-18(25(35)36)11-19(33)34)26(37)42-17-7-9-29(39)15-4-3-8-28(29)20-14(10-15)5-6-16(32)21(20)44-24(17)28/h3,5-8,15,18,22-24,32,39H,4,9-11H2,1-2H3,(H,33,34)(H,35,36)/t15-,18-,22-,23-,24+,28+,29-/m1/s1. The SMILES string of the molecule is CC(=O)O[C@@H](C(=O)OC1=CC[C@@]2(O)[C@@H]3CC=C[C@@]24c2c(ccc(O)c2O[C@@H]14)C3)[C@@H](OC(C)=O)C(=O)O[C@H](CC(=O)O)C(=O)O. The Morgan fingerprint density at radius 1 is 1.00 bits per heavy atom. The maximum absolute atomic E-state index is 13.6. The van der Waals surface area contributed by atoms with Crippen LogP contribution in [0.3, 0.4) is 0 Å². The third-order valence-corrected chi connectivity index (χ3v) is 8.26. The van der Waals surface area contributed by atoms with Crippen molar-refractivity contribution in [1.82, 2.24) is 0 Å². The molecule has 0 amide bonds. The van der Waals surface area contributed by atoms with E-state index in [2.05, 4.69) is 0 Å². The fourth-order valence-corrected chi connectivity index (χ4v) is 6.54. The van der Waals surface area contributed by atoms with Crippen LogP contribution in [0.15, 0.2) is 36.1 Å². The van der Waals surface area contributed by atoms with E-state index in [1.165, 1.54) is 12.1 Å². The van der Waals surface area contributed by atoms with E-state index in [1.54, 1.807) is 12.1 Å². The van der Waals surface area contributed by atoms with E-state index in [0.717, 1.165) is 19.4 Å². The molecule has 0 aromatic heterocycles. The van der Waals surface area contributed by atoms with E-state index >= 15 is 0 Å². The van der Waals surface area contributed by atoms with Gasteiger partial charge in [0.05, 0.1) is 17.4 Å². The molecule has 1 aromatic rings. The monoisotopic (exact) mass is 616 g/mol. The first kappa shape index (κ1) is 30.5. The fraction of sp³-hybridized carbons (Fsp3) is 0.448. The first-order chi connectivity index (χ1) is 20.7. The Labute approximate surface area is 248 Å². The van der Waals surface area contributed by atoms with Crippen LogP contribution in [0.1, 0.15) is 44.2 Å². The smallest absolute Gasteiger partial charge is 0.357 e. The lowest BCUT2D eigenvalue weighted by molar-refractivity contribution is -0.194. The lowest BCUT2D eigenvalue weighted by Crippen LogP contribution is -2.66. The van der Waals surface area contributed by atoms with E-state index in [0.29, 0.717) is 18.4 Å². The summed E-state index contributed by atoms with van der Waals surface area (Å²) in [5.41, 5.74) is -1.30. The largest absolute Gasteiger partial charge is 0.504 e. The van der Waals surface area contributed by atoms with Crippen molar-refractivity contribution in [3.05, 3.63) is 47.2 Å². The first-order valence-corrected chi connectivity index (χ1v) is 13.5. The molecule has 0 unspecified atom stereocenters. The number of aliphatic hydroxyl groups is 1. The molecule has 0 fully saturated rings. The minimum Gasteiger partial charge on any atom is -0.504 e. The molecular formula is C29H28O15. The van der Waals surface area contributed by atoms with Crippen molar-refractivity contribution in [3.8, 4) is 11.5 Å². The van der Waals surface area contributed by atoms with Gasteiger partial charge >= 0.3 is 35.8 Å². The molecule has 4 N–H and O–H groups in total. The van der Waals surface area contributed by atoms with Gasteiger partial charge in [-0.1, -0.05) is 18.2 Å². The maximum atomic E-state index is 13.6. The summed E-state index contributed by atoms with van der Waals surface area (Å²) in [4.78, 5) is 72.9. The first-order valence-electron chi connectivity index (χ1n) is 13.5. The number of allylic oxidation sites excluding steroid dienone is 1. The molecular weight excluding hydrogens is 588 g/mol. The Hall–Kier alpha value is -4.92. The van der Waals surface area contributed by atoms with Crippen LogP contribution in [-0.4, -0.2) is 86.3 Å². The number of hydrogen-bond donors (Lipinski definition) is 4. The van der Waals surface area contributed by atoms with Crippen molar-refractivity contribution >= 4 is 35.8 Å². The topological polar surface area (TPSA) is 229 Å². The maximum Gasteiger partial charge on any atom is 0.357 e. The van der Waals surface area contributed by atoms with Gasteiger partial charge in [-0.3, -0.25) is 14.4 Å². The lowest BCUT2D eigenvalue weighted by Gasteiger charge is -2.56. The third-order valence-electron chi connectivity index (χ3n) is 8.26. The van der Waals surface area contributed by atoms with Crippen molar-refractivity contribution in [2.45, 2.75) is 75.0 Å². The van der Waals surface area contributed by atoms with Crippen molar-refractivity contribution in [1.29, 1.82) is 0 Å². The van der Waals surface area contributed by atoms with Gasteiger partial charge in [-0.2, -0.15) is 0 Å². The second-order valence-corrected chi connectivity index (χ2v) is 10.9. The second-order valence-electron chi connectivity index (χ2n) is 10.9. The average molecular weight is 617 g/mol. The molecule has 3 aliphatic carbocycles. The van der Waals surface area contributed by atoms with Gasteiger partial charge in [0, 0.05) is 19.4 Å². The van der Waals surface area contributed by atoms with Gasteiger partial charge < -0.3 is 44.1 Å². The van der Waals surface area contributed by atoms with Crippen molar-refractivity contribution in [2.75, 3.05) is 0 Å². The molecule has 1 aliphatic heterocycles. The number of carbonyl (C=O) groups is 6. The van der Waals surface area contributed by atoms with E-state index in [9.17, 15) is 44.1 Å². The van der Waals surface area contributed by atoms with Gasteiger partial charge in [-0.25, -0.2) is 14.4 Å². The van der Waals surface area contributed by atoms with E-state index in [4.69, 9.17) is 28.8 Å². The second kappa shape index (κ2) is 11.0. The van der Waals surface area contributed by atoms with Gasteiger partial charge in [0.2, 0.25) is 18.3 Å². The van der Waals surface area contributed by atoms with E-state index in [1.807, 2.05) is 6.08 Å². The lowest BCUT2D eigenvalue weighted by atomic mass is 9.49. The number of carboxylic acid groups (broad SMARTS) is 2. The molecule has 7 atom stereocenters. The highest BCUT2D eigenvalue weighted by molar-refractivity contribution is 5.91. The van der Waals surface area contributed by atoms with Gasteiger partial charge in [0.1, 0.15) is 5.76 Å². The van der Waals surface area contributed by atoms with Crippen LogP contribution in [0.5, 0.6) is 11.5 Å². The predicted octanol–water partition coefficient (Wildman–Crippen LogP) is 0.420. The Morgan fingerprint density at radius 3 is 2.27 bits per heavy atom. The molecule has 2 bridgehead atoms. The van der Waals surface area contributed by atoms with Gasteiger partial charge in [0.25, 0.3) is 0 Å². The summed E-state index contributed by atoms with van der Waals surface area (Å²) in [6.07, 6.45) is -3.27. The van der Waals surface area contributed by atoms with Crippen LogP contribution in [0.4, 0.5) is 0 Å². The summed E-state index contributed by atoms with van der Waals surface area (Å²) < 4.78 is 26.3. The minimum atomic E-state index is -2.40. The predicted molar refractivity (Wildman–Crippen MR) is 140 cm³/mol. The van der Waals surface area contributed by atoms with Crippen LogP contribution >= 0.6 is 0 Å². The van der Waals surface area contributed by atoms with Crippen LogP contribution in [-0.2, 0) is 59.6 Å². The number of ether oxygens (including phenoxy) is 5. The molecule has 234 valence electrons. The van der Waals surface area contributed by atoms with Crippen molar-refractivity contribution in [3.63, 3.8) is 0 Å². The molecule has 0 saturated carbocycles. The number of esters is 4. The summed E-state index contributed by atoms with van der Waals surface area (Å²) in [6, 6.07) is 3.19. The molecule has 0 radical (unpaired) electrons. The number of phenolic OH excluding ortho intramolecular Hbond substituents is 1. The minimum absolute atomic E-state index is 0.0118. The Bertz CT molecular complexity index is 1520. The summed E-state index contributed by atoms with van der Waals surface area (Å²) in [7, 11) is 0. The normalized spacial score (nSPS) is 27.3. The molecule has 1 aromatic carbocycles. The molecule has 44 heavy (non-hydrogen) atoms. The number of aromatic hydroxyl groups is 1. The van der Waals surface area contributed by atoms with Crippen molar-refractivity contribution < 1.29 is 72.9 Å². The zero-order valence-electron chi connectivity index (χ0n) is 23.4. The molecule has 0 saturated heterocycles. The van der Waals surface area contributed by atoms with Crippen LogP contribution in [0, 0.1) is 5.92 Å². The highest BCUT2D eigenvalue weighted by Gasteiger charge is 2.70. The Morgan fingerprint density at radius 2 is 1.66 bits per heavy atom. The number of phenols is 1. The van der Waals surface area contributed by atoms with E-state index < -0.39 is 77.7 Å². The molecule has 1 heterocycles. The zero-order chi connectivity index (χ0) is 32.1. The number of carbonyl (C=O) groups excluding carboxylic acids is 4. The summed E-state index contributed by atoms with van der Waals surface area (Å²) in [5, 5.41) is 40.9. The number of aliphatic carboxylic acids is 2. The fourth-order valence-electron chi connectivity index (χ4n) is 6.54. The molecule has 4 aliphatic rings. The number of hydrogen-bond acceptors (Lipinski definition) is 13. The zero-order valence-corrected chi connectivity index (χ0v) is 23.4. The number of carboxylic acids is 2. The molecule has 1 spiro atoms. The highest BCUT2D eigenvalue weighted by atomic mass is 16.6. The van der Waals surface area contributed by atoms with Crippen LogP contribution in [0.2, 0.25) is 0 Å². The van der Waals surface area contributed by atoms with Crippen LogP contribution < -0.4 is 4.74 Å². The molecule has 15 heteroatoms. The van der Waals surface area contributed by atoms with Gasteiger partial charge in [-0.15, -0.1) is 0 Å². The van der Waals surface area contributed by atoms with Gasteiger partial charge in [0.15, 0.2) is 17.6 Å². The highest BCUT2D eigenvalue weighted by Crippen LogP contribution is 2.65. The third kappa shape index (κ3) is 4.82. The quantitative estimate of drug-likeness (QED) is 0.159. The molecule has 5 rings (SSSR count). The summed E-state index contributed by atoms with van der Waals surface area (Å²) >= 11 is 0. The number of rotatable bonds is 10. The van der Waals surface area contributed by atoms with Gasteiger partial charge in [-0.05, 0) is 42.9 Å². The average Bonchev–Trinajstić information content (AvgIpc) is 3.28. The van der Waals surface area contributed by atoms with E-state index in [-0.39, 0.29) is 29.6 Å². The Kier molecular flexibility index (Phi) is 7.61. The number of benzene rings is 1.